The number of rotatable bonds is 15. The van der Waals surface area contributed by atoms with E-state index in [9.17, 15) is 19.2 Å². The lowest BCUT2D eigenvalue weighted by molar-refractivity contribution is -0.145. The molecule has 5 heterocycles. The Hall–Kier alpha value is -6.13. The fourth-order valence-corrected chi connectivity index (χ4v) is 9.03. The molecule has 332 valence electrons. The molecule has 3 aromatic heterocycles. The maximum absolute atomic E-state index is 14.2. The standard InChI is InChI=1S/C47H57N9O6S/c1-7-34-42(63-28-48-34)31-15-13-30(14-16-31)29(2)50-45(59)39-12-9-23-56(39)46(60)43(47(3,4)5)53-41(57)27-62-33-20-24-55(25-21-33)32-17-18-37(40(26-32)61-6)52-44(58)38-11-8-10-35(51-38)36-19-22-49-54-36/h8,10-11,13-19,22,26,28-29,33,39,43H,7,9,12,20-21,23-25,27H2,1-6H3,(H,49,54)(H,50,59)(H,52,58)(H,53,57)/t29-,39-,43+/m0/s1. The molecule has 2 aliphatic rings. The number of nitrogens with zero attached hydrogens (tertiary/aromatic N) is 5. The van der Waals surface area contributed by atoms with E-state index in [0.29, 0.717) is 68.1 Å². The van der Waals surface area contributed by atoms with E-state index in [4.69, 9.17) is 9.47 Å². The van der Waals surface area contributed by atoms with Gasteiger partial charge in [-0.2, -0.15) is 5.10 Å². The molecule has 0 saturated carbocycles. The van der Waals surface area contributed by atoms with Crippen molar-refractivity contribution >= 4 is 46.3 Å². The Morgan fingerprint density at radius 3 is 2.44 bits per heavy atom. The van der Waals surface area contributed by atoms with E-state index in [0.717, 1.165) is 33.8 Å². The molecule has 7 rings (SSSR count). The van der Waals surface area contributed by atoms with Gasteiger partial charge >= 0.3 is 0 Å². The number of pyridine rings is 1. The summed E-state index contributed by atoms with van der Waals surface area (Å²) in [6, 6.07) is 19.1. The molecule has 2 fully saturated rings. The summed E-state index contributed by atoms with van der Waals surface area (Å²) in [6.45, 7) is 11.4. The summed E-state index contributed by atoms with van der Waals surface area (Å²) in [6.07, 6.45) is 4.97. The van der Waals surface area contributed by atoms with E-state index in [1.165, 1.54) is 0 Å². The number of anilines is 2. The number of aromatic nitrogens is 4. The molecule has 0 aliphatic carbocycles. The first kappa shape index (κ1) is 44.9. The maximum atomic E-state index is 14.2. The summed E-state index contributed by atoms with van der Waals surface area (Å²) in [7, 11) is 1.56. The Morgan fingerprint density at radius 2 is 1.75 bits per heavy atom. The highest BCUT2D eigenvalue weighted by Gasteiger charge is 2.42. The van der Waals surface area contributed by atoms with Gasteiger partial charge in [-0.3, -0.25) is 24.3 Å². The normalized spacial score (nSPS) is 16.6. The lowest BCUT2D eigenvalue weighted by Crippen LogP contribution is -2.58. The number of thiazole rings is 1. The van der Waals surface area contributed by atoms with Crippen LogP contribution in [0.5, 0.6) is 5.75 Å². The second kappa shape index (κ2) is 19.9. The van der Waals surface area contributed by atoms with Crippen molar-refractivity contribution < 1.29 is 28.7 Å². The summed E-state index contributed by atoms with van der Waals surface area (Å²) in [5.41, 5.74) is 7.42. The maximum Gasteiger partial charge on any atom is 0.274 e. The van der Waals surface area contributed by atoms with Gasteiger partial charge in [0.25, 0.3) is 5.91 Å². The fraction of sp³-hybridized carbons (Fsp3) is 0.426. The molecular weight excluding hydrogens is 819 g/mol. The van der Waals surface area contributed by atoms with Crippen molar-refractivity contribution in [2.24, 2.45) is 5.41 Å². The quantitative estimate of drug-likeness (QED) is 0.0873. The molecule has 4 N–H and O–H groups in total. The molecule has 0 spiro atoms. The van der Waals surface area contributed by atoms with Crippen LogP contribution in [0.3, 0.4) is 0 Å². The number of methoxy groups -OCH3 is 1. The van der Waals surface area contributed by atoms with Gasteiger partial charge in [0.2, 0.25) is 17.7 Å². The molecule has 3 atom stereocenters. The molecule has 5 aromatic rings. The lowest BCUT2D eigenvalue weighted by atomic mass is 9.85. The number of ether oxygens (including phenoxy) is 2. The number of piperidine rings is 1. The van der Waals surface area contributed by atoms with Crippen molar-refractivity contribution in [1.29, 1.82) is 0 Å². The number of aromatic amines is 1. The third kappa shape index (κ3) is 10.7. The highest BCUT2D eigenvalue weighted by molar-refractivity contribution is 7.13. The number of likely N-dealkylation sites (tertiary alicyclic amines) is 1. The molecule has 4 amide bonds. The number of amides is 4. The van der Waals surface area contributed by atoms with E-state index in [1.54, 1.807) is 53.8 Å². The van der Waals surface area contributed by atoms with E-state index < -0.39 is 17.5 Å². The van der Waals surface area contributed by atoms with Gasteiger partial charge in [-0.1, -0.05) is 58.0 Å². The van der Waals surface area contributed by atoms with E-state index in [2.05, 4.69) is 60.1 Å². The van der Waals surface area contributed by atoms with Crippen molar-refractivity contribution in [2.45, 2.75) is 91.0 Å². The fourth-order valence-electron chi connectivity index (χ4n) is 8.14. The Bertz CT molecular complexity index is 2370. The highest BCUT2D eigenvalue weighted by atomic mass is 32.1. The number of benzene rings is 2. The number of hydrogen-bond donors (Lipinski definition) is 4. The molecule has 0 unspecified atom stereocenters. The van der Waals surface area contributed by atoms with Gasteiger partial charge in [-0.25, -0.2) is 9.97 Å². The Labute approximate surface area is 372 Å². The highest BCUT2D eigenvalue weighted by Crippen LogP contribution is 2.33. The second-order valence-electron chi connectivity index (χ2n) is 17.1. The van der Waals surface area contributed by atoms with Crippen LogP contribution in [0.1, 0.15) is 88.1 Å². The minimum Gasteiger partial charge on any atom is -0.494 e. The average molecular weight is 876 g/mol. The third-order valence-electron chi connectivity index (χ3n) is 11.7. The molecule has 0 radical (unpaired) electrons. The van der Waals surface area contributed by atoms with Crippen LogP contribution in [0.2, 0.25) is 0 Å². The molecule has 15 nitrogen and oxygen atoms in total. The largest absolute Gasteiger partial charge is 0.494 e. The topological polar surface area (TPSA) is 184 Å². The zero-order valence-corrected chi connectivity index (χ0v) is 37.6. The van der Waals surface area contributed by atoms with Crippen LogP contribution in [0.25, 0.3) is 21.8 Å². The van der Waals surface area contributed by atoms with Gasteiger partial charge in [0, 0.05) is 37.6 Å². The molecular formula is C47H57N9O6S. The van der Waals surface area contributed by atoms with Crippen LogP contribution >= 0.6 is 11.3 Å². The first-order valence-corrected chi connectivity index (χ1v) is 22.5. The van der Waals surface area contributed by atoms with Crippen molar-refractivity contribution in [1.82, 2.24) is 35.7 Å². The average Bonchev–Trinajstić information content (AvgIpc) is 4.11. The van der Waals surface area contributed by atoms with Gasteiger partial charge < -0.3 is 35.2 Å². The first-order valence-electron chi connectivity index (χ1n) is 21.6. The SMILES string of the molecule is CCc1ncsc1-c1ccc([C@H](C)NC(=O)[C@@H]2CCCN2C(=O)[C@@H](NC(=O)COC2CCN(c3ccc(NC(=O)c4cccc(-c5ccn[nH]5)n4)c(OC)c3)CC2)C(C)(C)C)cc1. The lowest BCUT2D eigenvalue weighted by Gasteiger charge is -2.36. The zero-order chi connectivity index (χ0) is 44.7. The summed E-state index contributed by atoms with van der Waals surface area (Å²) < 4.78 is 11.8. The Morgan fingerprint density at radius 1 is 0.968 bits per heavy atom. The zero-order valence-electron chi connectivity index (χ0n) is 36.8. The predicted octanol–water partition coefficient (Wildman–Crippen LogP) is 6.80. The summed E-state index contributed by atoms with van der Waals surface area (Å²) >= 11 is 1.62. The number of carbonyl (C=O) groups excluding carboxylic acids is 4. The van der Waals surface area contributed by atoms with Crippen LogP contribution in [0.4, 0.5) is 11.4 Å². The van der Waals surface area contributed by atoms with E-state index in [1.807, 2.05) is 63.5 Å². The van der Waals surface area contributed by atoms with Gasteiger partial charge in [-0.05, 0) is 85.9 Å². The van der Waals surface area contributed by atoms with Crippen molar-refractivity contribution in [3.63, 3.8) is 0 Å². The monoisotopic (exact) mass is 875 g/mol. The molecule has 2 saturated heterocycles. The number of carbonyl (C=O) groups is 4. The minimum absolute atomic E-state index is 0.146. The molecule has 2 aromatic carbocycles. The summed E-state index contributed by atoms with van der Waals surface area (Å²) in [5.74, 6) is -0.708. The Balaban J connectivity index is 0.886. The number of H-pyrrole nitrogens is 1. The van der Waals surface area contributed by atoms with Crippen molar-refractivity contribution in [2.75, 3.05) is 43.6 Å². The van der Waals surface area contributed by atoms with Crippen LogP contribution < -0.4 is 25.6 Å². The molecule has 63 heavy (non-hydrogen) atoms. The smallest absolute Gasteiger partial charge is 0.274 e. The summed E-state index contributed by atoms with van der Waals surface area (Å²) in [4.78, 5) is 68.3. The van der Waals surface area contributed by atoms with E-state index in [-0.39, 0.29) is 48.1 Å². The minimum atomic E-state index is -0.847. The second-order valence-corrected chi connectivity index (χ2v) is 18.0. The van der Waals surface area contributed by atoms with Crippen LogP contribution in [-0.2, 0) is 25.5 Å². The number of nitrogens with one attached hydrogen (secondary N) is 4. The van der Waals surface area contributed by atoms with Gasteiger partial charge in [-0.15, -0.1) is 11.3 Å². The summed E-state index contributed by atoms with van der Waals surface area (Å²) in [5, 5.41) is 15.8. The van der Waals surface area contributed by atoms with Crippen LogP contribution in [0, 0.1) is 5.41 Å². The van der Waals surface area contributed by atoms with Crippen LogP contribution in [-0.4, -0.2) is 100 Å². The van der Waals surface area contributed by atoms with Gasteiger partial charge in [0.15, 0.2) is 0 Å². The van der Waals surface area contributed by atoms with Gasteiger partial charge in [0.05, 0.1) is 52.4 Å². The third-order valence-corrected chi connectivity index (χ3v) is 12.6. The molecule has 0 bridgehead atoms. The number of hydrogen-bond acceptors (Lipinski definition) is 11. The molecule has 2 aliphatic heterocycles. The van der Waals surface area contributed by atoms with Crippen molar-refractivity contribution in [3.05, 3.63) is 95.4 Å². The molecule has 16 heteroatoms. The number of aryl methyl sites for hydroxylation is 1. The van der Waals surface area contributed by atoms with E-state index >= 15 is 0 Å². The Kier molecular flexibility index (Phi) is 14.2. The van der Waals surface area contributed by atoms with Crippen LogP contribution in [0.15, 0.2) is 78.4 Å². The predicted molar refractivity (Wildman–Crippen MR) is 244 cm³/mol. The van der Waals surface area contributed by atoms with Crippen molar-refractivity contribution in [3.8, 4) is 27.6 Å². The first-order chi connectivity index (χ1) is 30.3. The van der Waals surface area contributed by atoms with Gasteiger partial charge in [0.1, 0.15) is 30.1 Å².